The number of hydrogen-bond acceptors (Lipinski definition) is 5. The Morgan fingerprint density at radius 2 is 1.80 bits per heavy atom. The van der Waals surface area contributed by atoms with E-state index in [4.69, 9.17) is 27.9 Å². The minimum absolute atomic E-state index is 0.00237. The highest BCUT2D eigenvalue weighted by atomic mass is 35.5. The molecule has 0 aliphatic carbocycles. The van der Waals surface area contributed by atoms with E-state index in [-0.39, 0.29) is 28.6 Å². The van der Waals surface area contributed by atoms with E-state index >= 15 is 0 Å². The number of halogens is 3. The van der Waals surface area contributed by atoms with Gasteiger partial charge >= 0.3 is 5.97 Å². The zero-order valence-electron chi connectivity index (χ0n) is 15.5. The molecular formula is C19H17Cl2FN2O5S. The lowest BCUT2D eigenvalue weighted by atomic mass is 10.2. The molecule has 1 fully saturated rings. The van der Waals surface area contributed by atoms with Crippen molar-refractivity contribution in [3.63, 3.8) is 0 Å². The third-order valence-electron chi connectivity index (χ3n) is 4.45. The number of nitrogens with one attached hydrogen (secondary N) is 1. The van der Waals surface area contributed by atoms with Crippen molar-refractivity contribution in [3.05, 3.63) is 58.3 Å². The van der Waals surface area contributed by atoms with Crippen molar-refractivity contribution < 1.29 is 27.1 Å². The standard InChI is InChI=1S/C19H17Cl2FN2O5S/c20-12-3-6-14(7-4-12)30(27,28)24-9-1-2-17(24)19(26)29-11-18(25)23-16-8-5-13(21)10-15(16)22/h3-8,10,17H,1-2,9,11H2,(H,23,25)/t17-/m0/s1. The van der Waals surface area contributed by atoms with Crippen LogP contribution in [-0.4, -0.2) is 43.8 Å². The second kappa shape index (κ2) is 9.30. The van der Waals surface area contributed by atoms with Crippen LogP contribution in [0, 0.1) is 5.82 Å². The minimum atomic E-state index is -3.94. The van der Waals surface area contributed by atoms with Crippen molar-refractivity contribution >= 4 is 50.8 Å². The molecular weight excluding hydrogens is 458 g/mol. The molecule has 0 saturated carbocycles. The summed E-state index contributed by atoms with van der Waals surface area (Å²) in [7, 11) is -3.94. The van der Waals surface area contributed by atoms with Gasteiger partial charge in [-0.1, -0.05) is 23.2 Å². The molecule has 2 aromatic carbocycles. The summed E-state index contributed by atoms with van der Waals surface area (Å²) in [6.07, 6.45) is 0.730. The number of carbonyl (C=O) groups is 2. The first-order valence-corrected chi connectivity index (χ1v) is 11.1. The zero-order chi connectivity index (χ0) is 21.9. The first-order valence-electron chi connectivity index (χ1n) is 8.87. The third-order valence-corrected chi connectivity index (χ3v) is 6.86. The van der Waals surface area contributed by atoms with Gasteiger partial charge in [0, 0.05) is 16.6 Å². The van der Waals surface area contributed by atoms with Gasteiger partial charge in [-0.3, -0.25) is 9.59 Å². The minimum Gasteiger partial charge on any atom is -0.454 e. The molecule has 7 nitrogen and oxygen atoms in total. The van der Waals surface area contributed by atoms with Gasteiger partial charge in [0.25, 0.3) is 5.91 Å². The maximum Gasteiger partial charge on any atom is 0.324 e. The van der Waals surface area contributed by atoms with Crippen molar-refractivity contribution in [3.8, 4) is 0 Å². The van der Waals surface area contributed by atoms with Crippen molar-refractivity contribution in [1.29, 1.82) is 0 Å². The molecule has 1 N–H and O–H groups in total. The molecule has 3 rings (SSSR count). The molecule has 160 valence electrons. The van der Waals surface area contributed by atoms with Gasteiger partial charge in [0.15, 0.2) is 6.61 Å². The number of hydrogen-bond donors (Lipinski definition) is 1. The Morgan fingerprint density at radius 3 is 2.47 bits per heavy atom. The Bertz CT molecular complexity index is 1060. The number of benzene rings is 2. The third kappa shape index (κ3) is 5.10. The molecule has 30 heavy (non-hydrogen) atoms. The van der Waals surface area contributed by atoms with Gasteiger partial charge in [-0.2, -0.15) is 4.31 Å². The molecule has 1 aliphatic rings. The molecule has 0 bridgehead atoms. The molecule has 1 saturated heterocycles. The van der Waals surface area contributed by atoms with Crippen LogP contribution in [0.4, 0.5) is 10.1 Å². The molecule has 0 radical (unpaired) electrons. The van der Waals surface area contributed by atoms with Gasteiger partial charge in [0.2, 0.25) is 10.0 Å². The fourth-order valence-corrected chi connectivity index (χ4v) is 4.95. The molecule has 0 aromatic heterocycles. The number of sulfonamides is 1. The number of rotatable bonds is 6. The van der Waals surface area contributed by atoms with E-state index in [0.717, 1.165) is 10.4 Å². The highest BCUT2D eigenvalue weighted by Crippen LogP contribution is 2.27. The number of amides is 1. The van der Waals surface area contributed by atoms with Crippen LogP contribution in [0.2, 0.25) is 10.0 Å². The Balaban J connectivity index is 1.63. The first-order chi connectivity index (χ1) is 14.2. The topological polar surface area (TPSA) is 92.8 Å². The van der Waals surface area contributed by atoms with Crippen LogP contribution in [-0.2, 0) is 24.3 Å². The van der Waals surface area contributed by atoms with E-state index in [1.807, 2.05) is 0 Å². The van der Waals surface area contributed by atoms with Crippen LogP contribution in [0.5, 0.6) is 0 Å². The number of ether oxygens (including phenoxy) is 1. The second-order valence-corrected chi connectivity index (χ2v) is 9.27. The van der Waals surface area contributed by atoms with E-state index < -0.39 is 40.4 Å². The van der Waals surface area contributed by atoms with Gasteiger partial charge in [-0.25, -0.2) is 12.8 Å². The van der Waals surface area contributed by atoms with E-state index in [9.17, 15) is 22.4 Å². The predicted molar refractivity (Wildman–Crippen MR) is 109 cm³/mol. The fraction of sp³-hybridized carbons (Fsp3) is 0.263. The van der Waals surface area contributed by atoms with E-state index in [2.05, 4.69) is 5.32 Å². The van der Waals surface area contributed by atoms with E-state index in [1.54, 1.807) is 0 Å². The Kier molecular flexibility index (Phi) is 6.97. The lowest BCUT2D eigenvalue weighted by Crippen LogP contribution is -2.42. The van der Waals surface area contributed by atoms with Gasteiger partial charge in [-0.15, -0.1) is 0 Å². The average Bonchev–Trinajstić information content (AvgIpc) is 3.19. The van der Waals surface area contributed by atoms with Crippen molar-refractivity contribution in [2.24, 2.45) is 0 Å². The van der Waals surface area contributed by atoms with Crippen LogP contribution >= 0.6 is 23.2 Å². The lowest BCUT2D eigenvalue weighted by Gasteiger charge is -2.22. The van der Waals surface area contributed by atoms with Crippen molar-refractivity contribution in [2.45, 2.75) is 23.8 Å². The van der Waals surface area contributed by atoms with Crippen LogP contribution in [0.15, 0.2) is 47.4 Å². The smallest absolute Gasteiger partial charge is 0.324 e. The lowest BCUT2D eigenvalue weighted by molar-refractivity contribution is -0.150. The monoisotopic (exact) mass is 474 g/mol. The number of nitrogens with zero attached hydrogens (tertiary/aromatic N) is 1. The summed E-state index contributed by atoms with van der Waals surface area (Å²) in [5.74, 6) is -2.36. The normalized spacial score (nSPS) is 17.0. The predicted octanol–water partition coefficient (Wildman–Crippen LogP) is 3.47. The molecule has 2 aromatic rings. The van der Waals surface area contributed by atoms with Crippen LogP contribution in [0.1, 0.15) is 12.8 Å². The summed E-state index contributed by atoms with van der Waals surface area (Å²) in [6, 6.07) is 8.24. The molecule has 1 heterocycles. The maximum absolute atomic E-state index is 13.7. The van der Waals surface area contributed by atoms with Crippen molar-refractivity contribution in [2.75, 3.05) is 18.5 Å². The summed E-state index contributed by atoms with van der Waals surface area (Å²) in [5, 5.41) is 2.81. The highest BCUT2D eigenvalue weighted by molar-refractivity contribution is 7.89. The SMILES string of the molecule is O=C(COC(=O)[C@@H]1CCCN1S(=O)(=O)c1ccc(Cl)cc1)Nc1ccc(Cl)cc1F. The van der Waals surface area contributed by atoms with Gasteiger partial charge in [-0.05, 0) is 55.3 Å². The van der Waals surface area contributed by atoms with Gasteiger partial charge < -0.3 is 10.1 Å². The molecule has 1 aliphatic heterocycles. The summed E-state index contributed by atoms with van der Waals surface area (Å²) < 4.78 is 45.5. The Hall–Kier alpha value is -2.20. The van der Waals surface area contributed by atoms with E-state index in [0.29, 0.717) is 11.4 Å². The summed E-state index contributed by atoms with van der Waals surface area (Å²) >= 11 is 11.4. The summed E-state index contributed by atoms with van der Waals surface area (Å²) in [5.41, 5.74) is -0.117. The number of carbonyl (C=O) groups excluding carboxylic acids is 2. The summed E-state index contributed by atoms with van der Waals surface area (Å²) in [6.45, 7) is -0.543. The van der Waals surface area contributed by atoms with Gasteiger partial charge in [0.1, 0.15) is 11.9 Å². The zero-order valence-corrected chi connectivity index (χ0v) is 17.8. The van der Waals surface area contributed by atoms with Crippen LogP contribution < -0.4 is 5.32 Å². The average molecular weight is 475 g/mol. The second-order valence-electron chi connectivity index (χ2n) is 6.51. The Morgan fingerprint density at radius 1 is 1.13 bits per heavy atom. The highest BCUT2D eigenvalue weighted by Gasteiger charge is 2.40. The number of esters is 1. The number of anilines is 1. The molecule has 1 amide bonds. The molecule has 0 unspecified atom stereocenters. The fourth-order valence-electron chi connectivity index (χ4n) is 3.02. The molecule has 11 heteroatoms. The molecule has 1 atom stereocenters. The van der Waals surface area contributed by atoms with Crippen LogP contribution in [0.25, 0.3) is 0 Å². The van der Waals surface area contributed by atoms with Crippen LogP contribution in [0.3, 0.4) is 0 Å². The maximum atomic E-state index is 13.7. The van der Waals surface area contributed by atoms with E-state index in [1.165, 1.54) is 36.4 Å². The quantitative estimate of drug-likeness (QED) is 0.646. The van der Waals surface area contributed by atoms with Crippen molar-refractivity contribution in [1.82, 2.24) is 4.31 Å². The Labute approximate surface area is 182 Å². The largest absolute Gasteiger partial charge is 0.454 e. The molecule has 0 spiro atoms. The first kappa shape index (κ1) is 22.5. The summed E-state index contributed by atoms with van der Waals surface area (Å²) in [4.78, 5) is 24.4. The van der Waals surface area contributed by atoms with Gasteiger partial charge in [0.05, 0.1) is 10.6 Å².